The van der Waals surface area contributed by atoms with Crippen LogP contribution < -0.4 is 5.32 Å². The van der Waals surface area contributed by atoms with Crippen molar-refractivity contribution in [2.45, 2.75) is 26.2 Å². The topological polar surface area (TPSA) is 12.0 Å². The number of rotatable bonds is 4. The van der Waals surface area contributed by atoms with Gasteiger partial charge in [-0.2, -0.15) is 0 Å². The second-order valence-corrected chi connectivity index (χ2v) is 4.13. The molecule has 0 unspecified atom stereocenters. The molecule has 0 aliphatic heterocycles. The van der Waals surface area contributed by atoms with Gasteiger partial charge in [-0.05, 0) is 36.5 Å². The molecule has 84 valence electrons. The molecule has 1 aromatic rings. The molecule has 0 saturated carbocycles. The molecule has 2 rings (SSSR count). The zero-order valence-electron chi connectivity index (χ0n) is 9.87. The highest BCUT2D eigenvalue weighted by molar-refractivity contribution is 5.71. The van der Waals surface area contributed by atoms with E-state index in [1.165, 1.54) is 23.3 Å². The zero-order chi connectivity index (χ0) is 11.2. The lowest BCUT2D eigenvalue weighted by Gasteiger charge is -2.17. The standard InChI is InChI=1S/C15H19N/c1-2-12-16-15-11-7-6-10-14(15)13-8-4-3-5-9-13/h3-5,7-9,11,16H,2,6,10,12H2,1H3. The van der Waals surface area contributed by atoms with Gasteiger partial charge in [0.15, 0.2) is 0 Å². The first-order valence-electron chi connectivity index (χ1n) is 6.11. The van der Waals surface area contributed by atoms with Crippen molar-refractivity contribution >= 4 is 5.57 Å². The van der Waals surface area contributed by atoms with Gasteiger partial charge in [-0.3, -0.25) is 0 Å². The molecule has 0 amide bonds. The summed E-state index contributed by atoms with van der Waals surface area (Å²) in [5, 5.41) is 3.51. The van der Waals surface area contributed by atoms with Crippen LogP contribution in [0.5, 0.6) is 0 Å². The minimum absolute atomic E-state index is 1.05. The quantitative estimate of drug-likeness (QED) is 0.803. The van der Waals surface area contributed by atoms with E-state index in [-0.39, 0.29) is 0 Å². The summed E-state index contributed by atoms with van der Waals surface area (Å²) in [5.41, 5.74) is 4.11. The van der Waals surface area contributed by atoms with Crippen LogP contribution in [0.3, 0.4) is 0 Å². The van der Waals surface area contributed by atoms with Crippen LogP contribution in [-0.4, -0.2) is 6.54 Å². The fourth-order valence-corrected chi connectivity index (χ4v) is 2.03. The zero-order valence-corrected chi connectivity index (χ0v) is 9.87. The molecule has 1 aliphatic rings. The number of hydrogen-bond donors (Lipinski definition) is 1. The highest BCUT2D eigenvalue weighted by Crippen LogP contribution is 2.26. The second kappa shape index (κ2) is 5.55. The maximum Gasteiger partial charge on any atom is 0.0375 e. The minimum atomic E-state index is 1.05. The maximum absolute atomic E-state index is 3.51. The van der Waals surface area contributed by atoms with E-state index in [4.69, 9.17) is 0 Å². The van der Waals surface area contributed by atoms with Crippen molar-refractivity contribution in [1.82, 2.24) is 5.32 Å². The van der Waals surface area contributed by atoms with Crippen LogP contribution in [0.4, 0.5) is 0 Å². The van der Waals surface area contributed by atoms with Crippen molar-refractivity contribution in [3.05, 3.63) is 53.7 Å². The van der Waals surface area contributed by atoms with Crippen molar-refractivity contribution in [1.29, 1.82) is 0 Å². The third-order valence-corrected chi connectivity index (χ3v) is 2.86. The summed E-state index contributed by atoms with van der Waals surface area (Å²) >= 11 is 0. The Morgan fingerprint density at radius 2 is 2.00 bits per heavy atom. The lowest BCUT2D eigenvalue weighted by atomic mass is 9.95. The summed E-state index contributed by atoms with van der Waals surface area (Å²) in [5.74, 6) is 0. The lowest BCUT2D eigenvalue weighted by Crippen LogP contribution is -2.15. The van der Waals surface area contributed by atoms with Crippen LogP contribution >= 0.6 is 0 Å². The van der Waals surface area contributed by atoms with E-state index in [1.807, 2.05) is 0 Å². The first-order chi connectivity index (χ1) is 7.92. The van der Waals surface area contributed by atoms with Gasteiger partial charge in [0, 0.05) is 12.2 Å². The molecular formula is C15H19N. The summed E-state index contributed by atoms with van der Waals surface area (Å²) in [6, 6.07) is 10.7. The number of nitrogens with one attached hydrogen (secondary N) is 1. The molecular weight excluding hydrogens is 194 g/mol. The van der Waals surface area contributed by atoms with E-state index in [1.54, 1.807) is 0 Å². The van der Waals surface area contributed by atoms with E-state index in [2.05, 4.69) is 54.7 Å². The first-order valence-corrected chi connectivity index (χ1v) is 6.11. The molecule has 0 aromatic heterocycles. The summed E-state index contributed by atoms with van der Waals surface area (Å²) in [6.07, 6.45) is 7.94. The van der Waals surface area contributed by atoms with Crippen LogP contribution in [0, 0.1) is 0 Å². The lowest BCUT2D eigenvalue weighted by molar-refractivity contribution is 0.777. The van der Waals surface area contributed by atoms with E-state index in [9.17, 15) is 0 Å². The van der Waals surface area contributed by atoms with Gasteiger partial charge in [0.25, 0.3) is 0 Å². The third-order valence-electron chi connectivity index (χ3n) is 2.86. The van der Waals surface area contributed by atoms with Gasteiger partial charge in [-0.1, -0.05) is 43.3 Å². The van der Waals surface area contributed by atoms with E-state index in [0.29, 0.717) is 0 Å². The summed E-state index contributed by atoms with van der Waals surface area (Å²) < 4.78 is 0. The fraction of sp³-hybridized carbons (Fsp3) is 0.333. The average Bonchev–Trinajstić information content (AvgIpc) is 2.38. The molecule has 1 heteroatoms. The van der Waals surface area contributed by atoms with E-state index in [0.717, 1.165) is 19.4 Å². The Bertz CT molecular complexity index is 387. The summed E-state index contributed by atoms with van der Waals surface area (Å²) in [4.78, 5) is 0. The fourth-order valence-electron chi connectivity index (χ4n) is 2.03. The van der Waals surface area contributed by atoms with Crippen LogP contribution in [0.25, 0.3) is 5.57 Å². The Hall–Kier alpha value is -1.50. The Balaban J connectivity index is 2.27. The Labute approximate surface area is 97.9 Å². The van der Waals surface area contributed by atoms with Gasteiger partial charge >= 0.3 is 0 Å². The molecule has 0 atom stereocenters. The van der Waals surface area contributed by atoms with Gasteiger partial charge in [0.2, 0.25) is 0 Å². The summed E-state index contributed by atoms with van der Waals surface area (Å²) in [6.45, 7) is 3.25. The van der Waals surface area contributed by atoms with Crippen molar-refractivity contribution in [3.8, 4) is 0 Å². The normalized spacial score (nSPS) is 15.3. The Kier molecular flexibility index (Phi) is 3.81. The van der Waals surface area contributed by atoms with Crippen molar-refractivity contribution in [2.24, 2.45) is 0 Å². The van der Waals surface area contributed by atoms with Crippen molar-refractivity contribution in [3.63, 3.8) is 0 Å². The Morgan fingerprint density at radius 1 is 1.19 bits per heavy atom. The van der Waals surface area contributed by atoms with Crippen LogP contribution in [0.1, 0.15) is 31.7 Å². The van der Waals surface area contributed by atoms with Crippen LogP contribution in [0.2, 0.25) is 0 Å². The van der Waals surface area contributed by atoms with Crippen molar-refractivity contribution in [2.75, 3.05) is 6.54 Å². The largest absolute Gasteiger partial charge is 0.385 e. The Morgan fingerprint density at radius 3 is 2.75 bits per heavy atom. The van der Waals surface area contributed by atoms with Gasteiger partial charge in [-0.25, -0.2) is 0 Å². The monoisotopic (exact) mass is 213 g/mol. The van der Waals surface area contributed by atoms with Gasteiger partial charge < -0.3 is 5.32 Å². The number of hydrogen-bond acceptors (Lipinski definition) is 1. The molecule has 1 aliphatic carbocycles. The molecule has 1 aromatic carbocycles. The smallest absolute Gasteiger partial charge is 0.0375 e. The highest BCUT2D eigenvalue weighted by atomic mass is 14.9. The van der Waals surface area contributed by atoms with Gasteiger partial charge in [0.1, 0.15) is 0 Å². The predicted octanol–water partition coefficient (Wildman–Crippen LogP) is 3.75. The second-order valence-electron chi connectivity index (χ2n) is 4.13. The van der Waals surface area contributed by atoms with Gasteiger partial charge in [0.05, 0.1) is 0 Å². The molecule has 0 heterocycles. The van der Waals surface area contributed by atoms with Crippen LogP contribution in [-0.2, 0) is 0 Å². The van der Waals surface area contributed by atoms with E-state index < -0.39 is 0 Å². The van der Waals surface area contributed by atoms with Gasteiger partial charge in [-0.15, -0.1) is 0 Å². The number of benzene rings is 1. The minimum Gasteiger partial charge on any atom is -0.385 e. The first kappa shape index (κ1) is 11.0. The maximum atomic E-state index is 3.51. The molecule has 1 N–H and O–H groups in total. The number of allylic oxidation sites excluding steroid dienone is 3. The highest BCUT2D eigenvalue weighted by Gasteiger charge is 2.09. The molecule has 0 fully saturated rings. The third kappa shape index (κ3) is 2.54. The van der Waals surface area contributed by atoms with Crippen molar-refractivity contribution < 1.29 is 0 Å². The average molecular weight is 213 g/mol. The van der Waals surface area contributed by atoms with Crippen LogP contribution in [0.15, 0.2) is 48.2 Å². The predicted molar refractivity (Wildman–Crippen MR) is 70.0 cm³/mol. The molecule has 1 nitrogen and oxygen atoms in total. The molecule has 0 bridgehead atoms. The van der Waals surface area contributed by atoms with E-state index >= 15 is 0 Å². The molecule has 0 saturated heterocycles. The molecule has 0 radical (unpaired) electrons. The SMILES string of the molecule is CCCNC1=C(c2ccccc2)CCC=C1. The molecule has 0 spiro atoms. The summed E-state index contributed by atoms with van der Waals surface area (Å²) in [7, 11) is 0. The molecule has 16 heavy (non-hydrogen) atoms.